The Balaban J connectivity index is 2.05. The van der Waals surface area contributed by atoms with E-state index in [-0.39, 0.29) is 6.04 Å². The number of hydrogen-bond donors (Lipinski definition) is 1. The van der Waals surface area contributed by atoms with E-state index in [0.29, 0.717) is 0 Å². The van der Waals surface area contributed by atoms with Crippen molar-refractivity contribution in [2.45, 2.75) is 17.9 Å². The Labute approximate surface area is 130 Å². The van der Waals surface area contributed by atoms with E-state index >= 15 is 0 Å². The predicted molar refractivity (Wildman–Crippen MR) is 88.4 cm³/mol. The summed E-state index contributed by atoms with van der Waals surface area (Å²) in [6.45, 7) is 2.09. The van der Waals surface area contributed by atoms with E-state index in [9.17, 15) is 0 Å². The molecular formula is C17H21NO2S. The van der Waals surface area contributed by atoms with E-state index in [0.717, 1.165) is 22.8 Å². The first kappa shape index (κ1) is 15.7. The van der Waals surface area contributed by atoms with Crippen molar-refractivity contribution in [2.75, 3.05) is 20.0 Å². The molecule has 1 atom stereocenters. The molecule has 1 unspecified atom stereocenters. The minimum Gasteiger partial charge on any atom is -0.497 e. The van der Waals surface area contributed by atoms with E-state index in [2.05, 4.69) is 31.2 Å². The van der Waals surface area contributed by atoms with Crippen LogP contribution in [0.2, 0.25) is 0 Å². The summed E-state index contributed by atoms with van der Waals surface area (Å²) in [5.41, 5.74) is 8.57. The van der Waals surface area contributed by atoms with Gasteiger partial charge < -0.3 is 15.2 Å². The molecule has 0 spiro atoms. The first-order chi connectivity index (χ1) is 10.1. The summed E-state index contributed by atoms with van der Waals surface area (Å²) in [6, 6.07) is 14.2. The maximum atomic E-state index is 6.29. The molecule has 2 aromatic carbocycles. The van der Waals surface area contributed by atoms with Crippen molar-refractivity contribution in [3.63, 3.8) is 0 Å². The van der Waals surface area contributed by atoms with Crippen LogP contribution in [-0.2, 0) is 0 Å². The number of ether oxygens (including phenoxy) is 2. The summed E-state index contributed by atoms with van der Waals surface area (Å²) >= 11 is 1.75. The SMILES string of the molecule is COc1cc(OC)cc(C(N)CSc2ccc(C)cc2)c1. The summed E-state index contributed by atoms with van der Waals surface area (Å²) in [5.74, 6) is 2.33. The molecule has 4 heteroatoms. The van der Waals surface area contributed by atoms with Crippen molar-refractivity contribution in [3.05, 3.63) is 53.6 Å². The number of rotatable bonds is 6. The van der Waals surface area contributed by atoms with Crippen LogP contribution in [0.1, 0.15) is 17.2 Å². The van der Waals surface area contributed by atoms with Gasteiger partial charge in [0, 0.05) is 22.8 Å². The Morgan fingerprint density at radius 2 is 1.57 bits per heavy atom. The van der Waals surface area contributed by atoms with Crippen LogP contribution in [-0.4, -0.2) is 20.0 Å². The zero-order chi connectivity index (χ0) is 15.2. The van der Waals surface area contributed by atoms with Crippen molar-refractivity contribution < 1.29 is 9.47 Å². The van der Waals surface area contributed by atoms with Gasteiger partial charge in [0.1, 0.15) is 11.5 Å². The standard InChI is InChI=1S/C17H21NO2S/c1-12-4-6-16(7-5-12)21-11-17(18)13-8-14(19-2)10-15(9-13)20-3/h4-10,17H,11,18H2,1-3H3. The van der Waals surface area contributed by atoms with Crippen LogP contribution >= 0.6 is 11.8 Å². The summed E-state index contributed by atoms with van der Waals surface area (Å²) in [5, 5.41) is 0. The lowest BCUT2D eigenvalue weighted by Crippen LogP contribution is -2.13. The number of thioether (sulfide) groups is 1. The van der Waals surface area contributed by atoms with Gasteiger partial charge in [-0.1, -0.05) is 17.7 Å². The van der Waals surface area contributed by atoms with Crippen LogP contribution in [0.25, 0.3) is 0 Å². The fourth-order valence-electron chi connectivity index (χ4n) is 1.96. The fourth-order valence-corrected chi connectivity index (χ4v) is 2.85. The van der Waals surface area contributed by atoms with Crippen molar-refractivity contribution in [3.8, 4) is 11.5 Å². The molecule has 2 N–H and O–H groups in total. The number of hydrogen-bond acceptors (Lipinski definition) is 4. The van der Waals surface area contributed by atoms with Crippen molar-refractivity contribution in [1.29, 1.82) is 0 Å². The van der Waals surface area contributed by atoms with Crippen molar-refractivity contribution in [1.82, 2.24) is 0 Å². The zero-order valence-electron chi connectivity index (χ0n) is 12.6. The third-order valence-corrected chi connectivity index (χ3v) is 4.38. The molecule has 2 rings (SSSR count). The smallest absolute Gasteiger partial charge is 0.122 e. The van der Waals surface area contributed by atoms with E-state index in [1.165, 1.54) is 10.5 Å². The summed E-state index contributed by atoms with van der Waals surface area (Å²) in [6.07, 6.45) is 0. The molecule has 0 saturated heterocycles. The first-order valence-electron chi connectivity index (χ1n) is 6.80. The summed E-state index contributed by atoms with van der Waals surface area (Å²) < 4.78 is 10.6. The fraction of sp³-hybridized carbons (Fsp3) is 0.294. The average Bonchev–Trinajstić information content (AvgIpc) is 2.53. The number of benzene rings is 2. The molecule has 0 bridgehead atoms. The van der Waals surface area contributed by atoms with Gasteiger partial charge in [-0.15, -0.1) is 11.8 Å². The molecule has 0 aliphatic carbocycles. The number of aryl methyl sites for hydroxylation is 1. The Kier molecular flexibility index (Phi) is 5.53. The second-order valence-corrected chi connectivity index (χ2v) is 5.97. The Morgan fingerprint density at radius 1 is 1.00 bits per heavy atom. The third-order valence-electron chi connectivity index (χ3n) is 3.25. The molecule has 2 aromatic rings. The van der Waals surface area contributed by atoms with E-state index < -0.39 is 0 Å². The van der Waals surface area contributed by atoms with Crippen LogP contribution in [0.4, 0.5) is 0 Å². The molecular weight excluding hydrogens is 282 g/mol. The molecule has 0 aromatic heterocycles. The molecule has 0 saturated carbocycles. The van der Waals surface area contributed by atoms with E-state index in [1.54, 1.807) is 26.0 Å². The maximum absolute atomic E-state index is 6.29. The van der Waals surface area contributed by atoms with Gasteiger partial charge in [0.15, 0.2) is 0 Å². The van der Waals surface area contributed by atoms with Crippen molar-refractivity contribution in [2.24, 2.45) is 5.73 Å². The van der Waals surface area contributed by atoms with Gasteiger partial charge in [0.25, 0.3) is 0 Å². The van der Waals surface area contributed by atoms with Gasteiger partial charge in [0.2, 0.25) is 0 Å². The first-order valence-corrected chi connectivity index (χ1v) is 7.79. The van der Waals surface area contributed by atoms with Gasteiger partial charge in [-0.05, 0) is 36.8 Å². The van der Waals surface area contributed by atoms with Crippen molar-refractivity contribution >= 4 is 11.8 Å². The largest absolute Gasteiger partial charge is 0.497 e. The highest BCUT2D eigenvalue weighted by Gasteiger charge is 2.10. The minimum absolute atomic E-state index is 0.0692. The monoisotopic (exact) mass is 303 g/mol. The van der Waals surface area contributed by atoms with Gasteiger partial charge in [-0.2, -0.15) is 0 Å². The Hall–Kier alpha value is -1.65. The number of methoxy groups -OCH3 is 2. The van der Waals surface area contributed by atoms with Gasteiger partial charge in [0.05, 0.1) is 14.2 Å². The molecule has 21 heavy (non-hydrogen) atoms. The van der Waals surface area contributed by atoms with Gasteiger partial charge in [-0.25, -0.2) is 0 Å². The minimum atomic E-state index is -0.0692. The molecule has 0 fully saturated rings. The molecule has 0 heterocycles. The Morgan fingerprint density at radius 3 is 2.10 bits per heavy atom. The van der Waals surface area contributed by atoms with E-state index in [4.69, 9.17) is 15.2 Å². The highest BCUT2D eigenvalue weighted by molar-refractivity contribution is 7.99. The molecule has 0 aliphatic rings. The molecule has 3 nitrogen and oxygen atoms in total. The maximum Gasteiger partial charge on any atom is 0.122 e. The van der Waals surface area contributed by atoms with Gasteiger partial charge in [-0.3, -0.25) is 0 Å². The second kappa shape index (κ2) is 7.38. The van der Waals surface area contributed by atoms with E-state index in [1.807, 2.05) is 18.2 Å². The van der Waals surface area contributed by atoms with Crippen LogP contribution in [0.5, 0.6) is 11.5 Å². The summed E-state index contributed by atoms with van der Waals surface area (Å²) in [4.78, 5) is 1.23. The van der Waals surface area contributed by atoms with Crippen LogP contribution in [0, 0.1) is 6.92 Å². The third kappa shape index (κ3) is 4.41. The zero-order valence-corrected chi connectivity index (χ0v) is 13.4. The lowest BCUT2D eigenvalue weighted by atomic mass is 10.1. The predicted octanol–water partition coefficient (Wildman–Crippen LogP) is 3.80. The second-order valence-electron chi connectivity index (χ2n) is 4.88. The average molecular weight is 303 g/mol. The van der Waals surface area contributed by atoms with Crippen LogP contribution in [0.3, 0.4) is 0 Å². The molecule has 112 valence electrons. The topological polar surface area (TPSA) is 44.5 Å². The highest BCUT2D eigenvalue weighted by atomic mass is 32.2. The highest BCUT2D eigenvalue weighted by Crippen LogP contribution is 2.29. The number of nitrogens with two attached hydrogens (primary N) is 1. The summed E-state index contributed by atoms with van der Waals surface area (Å²) in [7, 11) is 3.29. The lowest BCUT2D eigenvalue weighted by Gasteiger charge is -2.14. The van der Waals surface area contributed by atoms with Crippen LogP contribution < -0.4 is 15.2 Å². The lowest BCUT2D eigenvalue weighted by molar-refractivity contribution is 0.393. The molecule has 0 radical (unpaired) electrons. The van der Waals surface area contributed by atoms with Crippen LogP contribution in [0.15, 0.2) is 47.4 Å². The quantitative estimate of drug-likeness (QED) is 0.824. The molecule has 0 aliphatic heterocycles. The Bertz CT molecular complexity index is 562. The molecule has 0 amide bonds. The normalized spacial score (nSPS) is 12.0. The van der Waals surface area contributed by atoms with Gasteiger partial charge >= 0.3 is 0 Å².